The molecule has 0 saturated carbocycles. The van der Waals surface area contributed by atoms with Gasteiger partial charge in [-0.05, 0) is 31.5 Å². The molecule has 1 heterocycles. The number of nitrogens with one attached hydrogen (secondary N) is 1. The summed E-state index contributed by atoms with van der Waals surface area (Å²) in [4.78, 5) is 14.0. The van der Waals surface area contributed by atoms with E-state index in [1.807, 2.05) is 6.92 Å². The number of rotatable bonds is 2. The summed E-state index contributed by atoms with van der Waals surface area (Å²) in [5.41, 5.74) is 0.984. The Labute approximate surface area is 118 Å². The number of carbonyl (C=O) groups is 1. The summed E-state index contributed by atoms with van der Waals surface area (Å²) < 4.78 is 0. The summed E-state index contributed by atoms with van der Waals surface area (Å²) in [7, 11) is 1.65. The van der Waals surface area contributed by atoms with Crippen LogP contribution >= 0.6 is 11.6 Å². The molecule has 2 rings (SSSR count). The molecule has 1 aliphatic heterocycles. The van der Waals surface area contributed by atoms with E-state index >= 15 is 0 Å². The number of anilines is 1. The summed E-state index contributed by atoms with van der Waals surface area (Å²) in [6, 6.07) is 7.38. The highest BCUT2D eigenvalue weighted by Gasteiger charge is 2.40. The number of amides is 1. The monoisotopic (exact) mass is 277 g/mol. The van der Waals surface area contributed by atoms with Crippen LogP contribution in [0.5, 0.6) is 0 Å². The van der Waals surface area contributed by atoms with Crippen molar-refractivity contribution in [2.75, 3.05) is 25.0 Å². The third-order valence-corrected chi connectivity index (χ3v) is 3.90. The number of carbonyl (C=O) groups excluding carboxylic acids is 1. The fourth-order valence-corrected chi connectivity index (χ4v) is 2.68. The van der Waals surface area contributed by atoms with Crippen LogP contribution in [0.4, 0.5) is 5.69 Å². The second kappa shape index (κ2) is 5.10. The molecule has 1 saturated heterocycles. The van der Waals surface area contributed by atoms with Gasteiger partial charge in [0.25, 0.3) is 0 Å². The number of nitrogens with zero attached hydrogens (tertiary/aromatic N) is 2. The van der Waals surface area contributed by atoms with Crippen LogP contribution in [0.1, 0.15) is 18.9 Å². The highest BCUT2D eigenvalue weighted by atomic mass is 35.5. The van der Waals surface area contributed by atoms with E-state index in [2.05, 4.69) is 16.3 Å². The Morgan fingerprint density at radius 2 is 2.32 bits per heavy atom. The van der Waals surface area contributed by atoms with Gasteiger partial charge in [0.1, 0.15) is 6.07 Å². The van der Waals surface area contributed by atoms with Gasteiger partial charge in [0, 0.05) is 25.2 Å². The lowest BCUT2D eigenvalue weighted by molar-refractivity contribution is -0.128. The molecule has 0 aliphatic carbocycles. The first-order valence-electron chi connectivity index (χ1n) is 6.17. The van der Waals surface area contributed by atoms with Crippen molar-refractivity contribution in [1.29, 1.82) is 5.26 Å². The molecule has 0 bridgehead atoms. The first-order chi connectivity index (χ1) is 9.00. The lowest BCUT2D eigenvalue weighted by Crippen LogP contribution is -2.39. The van der Waals surface area contributed by atoms with E-state index in [4.69, 9.17) is 16.9 Å². The highest BCUT2D eigenvalue weighted by Crippen LogP contribution is 2.35. The van der Waals surface area contributed by atoms with Gasteiger partial charge >= 0.3 is 0 Å². The van der Waals surface area contributed by atoms with Crippen molar-refractivity contribution in [2.24, 2.45) is 5.41 Å². The molecule has 1 atom stereocenters. The topological polar surface area (TPSA) is 56.1 Å². The second-order valence-corrected chi connectivity index (χ2v) is 5.52. The molecule has 1 fully saturated rings. The minimum Gasteiger partial charge on any atom is -0.369 e. The van der Waals surface area contributed by atoms with Crippen LogP contribution in [0, 0.1) is 16.7 Å². The molecule has 0 radical (unpaired) electrons. The maximum absolute atomic E-state index is 11.9. The standard InChI is InChI=1S/C14H16ClN3O/c1-14(13(19)17-2)5-6-18(9-14)12-7-11(15)4-3-10(12)8-16/h3-4,7H,5-6,9H2,1-2H3,(H,17,19). The third-order valence-electron chi connectivity index (χ3n) is 3.67. The number of halogens is 1. The molecule has 1 N–H and O–H groups in total. The van der Waals surface area contributed by atoms with Crippen LogP contribution in [-0.4, -0.2) is 26.0 Å². The molecular weight excluding hydrogens is 262 g/mol. The summed E-state index contributed by atoms with van der Waals surface area (Å²) >= 11 is 6.00. The van der Waals surface area contributed by atoms with E-state index in [0.717, 1.165) is 18.7 Å². The normalized spacial score (nSPS) is 22.1. The Morgan fingerprint density at radius 1 is 1.58 bits per heavy atom. The lowest BCUT2D eigenvalue weighted by Gasteiger charge is -2.24. The minimum absolute atomic E-state index is 0.0375. The zero-order valence-electron chi connectivity index (χ0n) is 11.0. The summed E-state index contributed by atoms with van der Waals surface area (Å²) in [6.45, 7) is 3.29. The van der Waals surface area contributed by atoms with E-state index in [9.17, 15) is 4.79 Å². The number of hydrogen-bond acceptors (Lipinski definition) is 3. The predicted octanol–water partition coefficient (Wildman–Crippen LogP) is 2.17. The second-order valence-electron chi connectivity index (χ2n) is 5.08. The Bertz CT molecular complexity index is 552. The van der Waals surface area contributed by atoms with Crippen molar-refractivity contribution in [2.45, 2.75) is 13.3 Å². The molecule has 1 unspecified atom stereocenters. The average Bonchev–Trinajstić information content (AvgIpc) is 2.81. The smallest absolute Gasteiger partial charge is 0.227 e. The van der Waals surface area contributed by atoms with Crippen molar-refractivity contribution in [3.05, 3.63) is 28.8 Å². The molecule has 19 heavy (non-hydrogen) atoms. The van der Waals surface area contributed by atoms with Gasteiger partial charge in [-0.25, -0.2) is 0 Å². The van der Waals surface area contributed by atoms with Gasteiger partial charge in [0.15, 0.2) is 0 Å². The molecule has 0 spiro atoms. The van der Waals surface area contributed by atoms with E-state index in [0.29, 0.717) is 17.1 Å². The number of nitriles is 1. The van der Waals surface area contributed by atoms with Crippen molar-refractivity contribution in [3.63, 3.8) is 0 Å². The molecule has 5 heteroatoms. The molecule has 1 aromatic rings. The molecule has 4 nitrogen and oxygen atoms in total. The van der Waals surface area contributed by atoms with E-state index < -0.39 is 5.41 Å². The Balaban J connectivity index is 2.29. The minimum atomic E-state index is -0.413. The van der Waals surface area contributed by atoms with Crippen molar-refractivity contribution < 1.29 is 4.79 Å². The summed E-state index contributed by atoms with van der Waals surface area (Å²) in [5.74, 6) is 0.0375. The number of hydrogen-bond donors (Lipinski definition) is 1. The summed E-state index contributed by atoms with van der Waals surface area (Å²) in [6.07, 6.45) is 0.768. The van der Waals surface area contributed by atoms with Crippen molar-refractivity contribution in [3.8, 4) is 6.07 Å². The van der Waals surface area contributed by atoms with Gasteiger partial charge in [0.05, 0.1) is 16.7 Å². The fourth-order valence-electron chi connectivity index (χ4n) is 2.51. The fraction of sp³-hybridized carbons (Fsp3) is 0.429. The van der Waals surface area contributed by atoms with Gasteiger partial charge in [0.2, 0.25) is 5.91 Å². The van der Waals surface area contributed by atoms with Crippen LogP contribution in [0.15, 0.2) is 18.2 Å². The van der Waals surface area contributed by atoms with Crippen molar-refractivity contribution >= 4 is 23.2 Å². The molecule has 100 valence electrons. The first kappa shape index (κ1) is 13.7. The Kier molecular flexibility index (Phi) is 3.68. The van der Waals surface area contributed by atoms with Gasteiger partial charge in [-0.15, -0.1) is 0 Å². The zero-order chi connectivity index (χ0) is 14.0. The lowest BCUT2D eigenvalue weighted by atomic mass is 9.89. The molecule has 1 aromatic carbocycles. The molecular formula is C14H16ClN3O. The summed E-state index contributed by atoms with van der Waals surface area (Å²) in [5, 5.41) is 12.5. The average molecular weight is 278 g/mol. The van der Waals surface area contributed by atoms with E-state index in [-0.39, 0.29) is 5.91 Å². The van der Waals surface area contributed by atoms with Crippen LogP contribution in [0.2, 0.25) is 5.02 Å². The van der Waals surface area contributed by atoms with Gasteiger partial charge in [-0.1, -0.05) is 11.6 Å². The Morgan fingerprint density at radius 3 is 2.95 bits per heavy atom. The quantitative estimate of drug-likeness (QED) is 0.901. The largest absolute Gasteiger partial charge is 0.369 e. The van der Waals surface area contributed by atoms with Crippen LogP contribution in [-0.2, 0) is 4.79 Å². The molecule has 1 aliphatic rings. The highest BCUT2D eigenvalue weighted by molar-refractivity contribution is 6.30. The first-order valence-corrected chi connectivity index (χ1v) is 6.55. The van der Waals surface area contributed by atoms with Crippen LogP contribution in [0.3, 0.4) is 0 Å². The van der Waals surface area contributed by atoms with E-state index in [1.165, 1.54) is 0 Å². The van der Waals surface area contributed by atoms with Gasteiger partial charge < -0.3 is 10.2 Å². The molecule has 1 amide bonds. The van der Waals surface area contributed by atoms with Crippen molar-refractivity contribution in [1.82, 2.24) is 5.32 Å². The van der Waals surface area contributed by atoms with Crippen LogP contribution < -0.4 is 10.2 Å². The van der Waals surface area contributed by atoms with Gasteiger partial charge in [-0.3, -0.25) is 4.79 Å². The maximum atomic E-state index is 11.9. The maximum Gasteiger partial charge on any atom is 0.227 e. The van der Waals surface area contributed by atoms with E-state index in [1.54, 1.807) is 25.2 Å². The number of benzene rings is 1. The molecule has 0 aromatic heterocycles. The SMILES string of the molecule is CNC(=O)C1(C)CCN(c2cc(Cl)ccc2C#N)C1. The zero-order valence-corrected chi connectivity index (χ0v) is 11.8. The predicted molar refractivity (Wildman–Crippen MR) is 75.2 cm³/mol. The van der Waals surface area contributed by atoms with Gasteiger partial charge in [-0.2, -0.15) is 5.26 Å². The Hall–Kier alpha value is -1.73. The third kappa shape index (κ3) is 2.52. The van der Waals surface area contributed by atoms with Crippen LogP contribution in [0.25, 0.3) is 0 Å².